The molecule has 2 heterocycles. The summed E-state index contributed by atoms with van der Waals surface area (Å²) in [7, 11) is 0. The maximum atomic E-state index is 5.73. The van der Waals surface area contributed by atoms with Gasteiger partial charge in [-0.2, -0.15) is 0 Å². The molecule has 6 heteroatoms. The Morgan fingerprint density at radius 2 is 2.35 bits per heavy atom. The molecule has 0 aliphatic carbocycles. The summed E-state index contributed by atoms with van der Waals surface area (Å²) >= 11 is 5.73. The molecule has 1 fully saturated rings. The Hall–Kier alpha value is -0.580. The number of halogens is 2. The van der Waals surface area contributed by atoms with E-state index in [1.165, 1.54) is 19.2 Å². The molecule has 0 aromatic carbocycles. The van der Waals surface area contributed by atoms with E-state index in [4.69, 9.17) is 16.3 Å². The van der Waals surface area contributed by atoms with Crippen molar-refractivity contribution in [1.29, 1.82) is 0 Å². The van der Waals surface area contributed by atoms with Gasteiger partial charge in [-0.25, -0.2) is 9.97 Å². The van der Waals surface area contributed by atoms with Gasteiger partial charge in [0.2, 0.25) is 5.88 Å². The minimum atomic E-state index is 0. The van der Waals surface area contributed by atoms with Crippen molar-refractivity contribution >= 4 is 24.0 Å². The minimum Gasteiger partial charge on any atom is -0.478 e. The van der Waals surface area contributed by atoms with Gasteiger partial charge in [-0.1, -0.05) is 11.6 Å². The Balaban J connectivity index is 0.00000144. The molecule has 0 radical (unpaired) electrons. The number of hydrogen-bond donors (Lipinski definition) is 1. The first-order valence-corrected chi connectivity index (χ1v) is 6.03. The Bertz CT molecular complexity index is 332. The lowest BCUT2D eigenvalue weighted by Crippen LogP contribution is -2.30. The number of rotatable bonds is 4. The normalized spacial score (nSPS) is 19.5. The van der Waals surface area contributed by atoms with Crippen LogP contribution in [0, 0.1) is 5.92 Å². The minimum absolute atomic E-state index is 0. The Labute approximate surface area is 113 Å². The highest BCUT2D eigenvalue weighted by Crippen LogP contribution is 2.15. The summed E-state index contributed by atoms with van der Waals surface area (Å²) in [6.07, 6.45) is 5.04. The van der Waals surface area contributed by atoms with Crippen LogP contribution in [0.2, 0.25) is 5.15 Å². The van der Waals surface area contributed by atoms with Crippen molar-refractivity contribution in [2.24, 2.45) is 5.92 Å². The monoisotopic (exact) mass is 277 g/mol. The number of hydrogen-bond acceptors (Lipinski definition) is 4. The van der Waals surface area contributed by atoms with Gasteiger partial charge in [-0.15, -0.1) is 12.4 Å². The predicted octanol–water partition coefficient (Wildman–Crippen LogP) is 2.32. The van der Waals surface area contributed by atoms with Gasteiger partial charge in [-0.3, -0.25) is 0 Å². The van der Waals surface area contributed by atoms with E-state index in [2.05, 4.69) is 15.3 Å². The molecular weight excluding hydrogens is 261 g/mol. The molecule has 1 aromatic rings. The van der Waals surface area contributed by atoms with Gasteiger partial charge in [0.15, 0.2) is 0 Å². The van der Waals surface area contributed by atoms with E-state index in [-0.39, 0.29) is 12.4 Å². The van der Waals surface area contributed by atoms with E-state index >= 15 is 0 Å². The van der Waals surface area contributed by atoms with Gasteiger partial charge >= 0.3 is 0 Å². The highest BCUT2D eigenvalue weighted by atomic mass is 35.5. The van der Waals surface area contributed by atoms with Crippen LogP contribution in [0.1, 0.15) is 19.3 Å². The zero-order valence-electron chi connectivity index (χ0n) is 9.56. The summed E-state index contributed by atoms with van der Waals surface area (Å²) in [6, 6.07) is 1.64. The highest BCUT2D eigenvalue weighted by Gasteiger charge is 2.12. The van der Waals surface area contributed by atoms with Crippen LogP contribution >= 0.6 is 24.0 Å². The summed E-state index contributed by atoms with van der Waals surface area (Å²) in [5, 5.41) is 3.81. The van der Waals surface area contributed by atoms with Crippen LogP contribution in [0.5, 0.6) is 5.88 Å². The van der Waals surface area contributed by atoms with Crippen molar-refractivity contribution in [3.05, 3.63) is 17.5 Å². The lowest BCUT2D eigenvalue weighted by Gasteiger charge is -2.22. The van der Waals surface area contributed by atoms with E-state index in [0.717, 1.165) is 25.4 Å². The second-order valence-corrected chi connectivity index (χ2v) is 4.42. The molecule has 1 saturated heterocycles. The molecule has 0 saturated carbocycles. The second kappa shape index (κ2) is 7.69. The number of ether oxygens (including phenoxy) is 1. The van der Waals surface area contributed by atoms with Crippen molar-refractivity contribution in [1.82, 2.24) is 15.3 Å². The number of nitrogens with zero attached hydrogens (tertiary/aromatic N) is 2. The number of piperidine rings is 1. The largest absolute Gasteiger partial charge is 0.478 e. The molecule has 2 rings (SSSR count). The van der Waals surface area contributed by atoms with Gasteiger partial charge in [-0.05, 0) is 38.3 Å². The van der Waals surface area contributed by atoms with E-state index in [1.807, 2.05) is 0 Å². The smallest absolute Gasteiger partial charge is 0.217 e. The predicted molar refractivity (Wildman–Crippen MR) is 70.0 cm³/mol. The molecular formula is C11H17Cl2N3O. The zero-order chi connectivity index (χ0) is 11.2. The van der Waals surface area contributed by atoms with Crippen LogP contribution in [0.25, 0.3) is 0 Å². The van der Waals surface area contributed by atoms with Gasteiger partial charge in [0.1, 0.15) is 11.5 Å². The van der Waals surface area contributed by atoms with E-state index in [9.17, 15) is 0 Å². The van der Waals surface area contributed by atoms with Crippen molar-refractivity contribution in [3.63, 3.8) is 0 Å². The van der Waals surface area contributed by atoms with Crippen LogP contribution in [0.4, 0.5) is 0 Å². The fourth-order valence-electron chi connectivity index (χ4n) is 1.90. The fourth-order valence-corrected chi connectivity index (χ4v) is 2.03. The summed E-state index contributed by atoms with van der Waals surface area (Å²) in [5.74, 6) is 1.29. The molecule has 1 unspecified atom stereocenters. The topological polar surface area (TPSA) is 47.0 Å². The Morgan fingerprint density at radius 3 is 3.06 bits per heavy atom. The van der Waals surface area contributed by atoms with E-state index in [1.54, 1.807) is 6.07 Å². The molecule has 1 aliphatic heterocycles. The molecule has 4 nitrogen and oxygen atoms in total. The maximum Gasteiger partial charge on any atom is 0.217 e. The molecule has 0 spiro atoms. The molecule has 1 aliphatic rings. The van der Waals surface area contributed by atoms with Crippen molar-refractivity contribution in [2.45, 2.75) is 19.3 Å². The summed E-state index contributed by atoms with van der Waals surface area (Å²) in [4.78, 5) is 7.79. The van der Waals surface area contributed by atoms with Crippen LogP contribution in [0.15, 0.2) is 12.4 Å². The fraction of sp³-hybridized carbons (Fsp3) is 0.636. The van der Waals surface area contributed by atoms with Crippen LogP contribution in [-0.2, 0) is 0 Å². The molecule has 1 aromatic heterocycles. The summed E-state index contributed by atoms with van der Waals surface area (Å²) < 4.78 is 5.53. The Morgan fingerprint density at radius 1 is 1.47 bits per heavy atom. The van der Waals surface area contributed by atoms with Crippen LogP contribution in [-0.4, -0.2) is 29.7 Å². The average Bonchev–Trinajstić information content (AvgIpc) is 2.30. The Kier molecular flexibility index (Phi) is 6.55. The SMILES string of the molecule is Cl.Clc1cc(OCCC2CCCNC2)ncn1. The summed E-state index contributed by atoms with van der Waals surface area (Å²) in [5.41, 5.74) is 0. The lowest BCUT2D eigenvalue weighted by atomic mass is 9.97. The highest BCUT2D eigenvalue weighted by molar-refractivity contribution is 6.29. The molecule has 1 N–H and O–H groups in total. The first-order valence-electron chi connectivity index (χ1n) is 5.65. The summed E-state index contributed by atoms with van der Waals surface area (Å²) in [6.45, 7) is 2.95. The lowest BCUT2D eigenvalue weighted by molar-refractivity contribution is 0.247. The van der Waals surface area contributed by atoms with Gasteiger partial charge in [0.25, 0.3) is 0 Å². The second-order valence-electron chi connectivity index (χ2n) is 4.03. The third-order valence-corrected chi connectivity index (χ3v) is 2.99. The molecule has 96 valence electrons. The third kappa shape index (κ3) is 5.06. The van der Waals surface area contributed by atoms with Gasteiger partial charge in [0, 0.05) is 6.07 Å². The van der Waals surface area contributed by atoms with E-state index in [0.29, 0.717) is 17.6 Å². The van der Waals surface area contributed by atoms with Crippen molar-refractivity contribution < 1.29 is 4.74 Å². The molecule has 0 bridgehead atoms. The number of nitrogens with one attached hydrogen (secondary N) is 1. The van der Waals surface area contributed by atoms with Crippen LogP contribution < -0.4 is 10.1 Å². The average molecular weight is 278 g/mol. The maximum absolute atomic E-state index is 5.73. The molecule has 17 heavy (non-hydrogen) atoms. The number of aromatic nitrogens is 2. The van der Waals surface area contributed by atoms with Gasteiger partial charge < -0.3 is 10.1 Å². The van der Waals surface area contributed by atoms with Crippen LogP contribution in [0.3, 0.4) is 0 Å². The first kappa shape index (κ1) is 14.5. The first-order chi connectivity index (χ1) is 7.84. The third-order valence-electron chi connectivity index (χ3n) is 2.78. The standard InChI is InChI=1S/C11H16ClN3O.ClH/c12-10-6-11(15-8-14-10)16-5-3-9-2-1-4-13-7-9;/h6,8-9,13H,1-5,7H2;1H. The van der Waals surface area contributed by atoms with Crippen molar-refractivity contribution in [3.8, 4) is 5.88 Å². The van der Waals surface area contributed by atoms with Gasteiger partial charge in [0.05, 0.1) is 6.61 Å². The van der Waals surface area contributed by atoms with E-state index < -0.39 is 0 Å². The molecule has 0 amide bonds. The van der Waals surface area contributed by atoms with Crippen molar-refractivity contribution in [2.75, 3.05) is 19.7 Å². The zero-order valence-corrected chi connectivity index (χ0v) is 11.1. The quantitative estimate of drug-likeness (QED) is 0.859. The molecule has 1 atom stereocenters.